The molecule has 1 unspecified atom stereocenters. The van der Waals surface area contributed by atoms with Crippen LogP contribution in [0.4, 0.5) is 0 Å². The molecule has 1 fully saturated rings. The average Bonchev–Trinajstić information content (AvgIpc) is 2.42. The van der Waals surface area contributed by atoms with Gasteiger partial charge in [-0.25, -0.2) is 0 Å². The van der Waals surface area contributed by atoms with Crippen LogP contribution in [-0.2, 0) is 0 Å². The van der Waals surface area contributed by atoms with Crippen LogP contribution >= 0.6 is 11.8 Å². The van der Waals surface area contributed by atoms with Crippen LogP contribution in [0.2, 0.25) is 6.32 Å². The van der Waals surface area contributed by atoms with Crippen LogP contribution in [0.5, 0.6) is 0 Å². The Balaban J connectivity index is 1.80. The van der Waals surface area contributed by atoms with Crippen LogP contribution in [0.25, 0.3) is 0 Å². The van der Waals surface area contributed by atoms with E-state index in [4.69, 9.17) is 0 Å². The summed E-state index contributed by atoms with van der Waals surface area (Å²) in [5.74, 6) is 1.38. The first-order chi connectivity index (χ1) is 3.43. The van der Waals surface area contributed by atoms with Gasteiger partial charge < -0.3 is 0 Å². The molecule has 0 bridgehead atoms. The molecule has 7 heavy (non-hydrogen) atoms. The van der Waals surface area contributed by atoms with Crippen molar-refractivity contribution < 1.29 is 0 Å². The Labute approximate surface area is 50.3 Å². The van der Waals surface area contributed by atoms with E-state index < -0.39 is 0 Å². The maximum Gasteiger partial charge on any atom is 0.136 e. The van der Waals surface area contributed by atoms with E-state index in [1.165, 1.54) is 25.8 Å². The monoisotopic (exact) mass is 114 g/mol. The molecule has 2 heteroatoms. The fourth-order valence-electron chi connectivity index (χ4n) is 0.519. The van der Waals surface area contributed by atoms with Crippen molar-refractivity contribution in [2.75, 3.05) is 5.75 Å². The summed E-state index contributed by atoms with van der Waals surface area (Å²) in [5.41, 5.74) is 0. The predicted molar refractivity (Wildman–Crippen MR) is 38.5 cm³/mol. The molecule has 1 aliphatic rings. The molecule has 0 saturated carbocycles. The summed E-state index contributed by atoms with van der Waals surface area (Å²) in [6.45, 7) is 2.25. The zero-order valence-electron chi connectivity index (χ0n) is 4.81. The highest BCUT2D eigenvalue weighted by atomic mass is 32.2. The third kappa shape index (κ3) is 2.27. The quantitative estimate of drug-likeness (QED) is 0.498. The first kappa shape index (κ1) is 5.55. The van der Waals surface area contributed by atoms with Crippen LogP contribution in [-0.4, -0.2) is 18.2 Å². The molecule has 0 N–H and O–H groups in total. The van der Waals surface area contributed by atoms with Crippen LogP contribution in [0, 0.1) is 0 Å². The van der Waals surface area contributed by atoms with Crippen LogP contribution < -0.4 is 0 Å². The lowest BCUT2D eigenvalue weighted by Crippen LogP contribution is -1.78. The molecule has 0 aliphatic carbocycles. The second kappa shape index (κ2) is 2.66. The lowest BCUT2D eigenvalue weighted by molar-refractivity contribution is 1.11. The Hall–Kier alpha value is 0.415. The Morgan fingerprint density at radius 3 is 3.00 bits per heavy atom. The minimum Gasteiger partial charge on any atom is -0.168 e. The van der Waals surface area contributed by atoms with Gasteiger partial charge in [0.05, 0.1) is 0 Å². The Morgan fingerprint density at radius 2 is 2.57 bits per heavy atom. The maximum absolute atomic E-state index is 2.25. The van der Waals surface area contributed by atoms with Crippen molar-refractivity contribution in [1.82, 2.24) is 0 Å². The van der Waals surface area contributed by atoms with Gasteiger partial charge in [-0.1, -0.05) is 13.2 Å². The first-order valence-electron chi connectivity index (χ1n) is 3.05. The molecule has 1 atom stereocenters. The van der Waals surface area contributed by atoms with Gasteiger partial charge in [-0.05, 0) is 17.3 Å². The Morgan fingerprint density at radius 1 is 1.86 bits per heavy atom. The highest BCUT2D eigenvalue weighted by Crippen LogP contribution is 2.26. The molecular weight excluding hydrogens is 103 g/mol. The van der Waals surface area contributed by atoms with Gasteiger partial charge in [-0.15, -0.1) is 0 Å². The highest BCUT2D eigenvalue weighted by molar-refractivity contribution is 8.02. The number of rotatable bonds is 3. The normalized spacial score (nSPS) is 26.7. The van der Waals surface area contributed by atoms with Crippen LogP contribution in [0.3, 0.4) is 0 Å². The molecule has 0 aromatic heterocycles. The summed E-state index contributed by atoms with van der Waals surface area (Å²) >= 11 is 2.14. The zero-order chi connectivity index (χ0) is 5.11. The van der Waals surface area contributed by atoms with Crippen molar-refractivity contribution in [3.63, 3.8) is 0 Å². The molecule has 0 aromatic rings. The van der Waals surface area contributed by atoms with E-state index in [0.717, 1.165) is 5.15 Å². The molecule has 0 nitrogen and oxygen atoms in total. The van der Waals surface area contributed by atoms with Crippen molar-refractivity contribution in [3.8, 4) is 0 Å². The SMILES string of the molecule is CCCSC1BC1. The highest BCUT2D eigenvalue weighted by Gasteiger charge is 2.22. The van der Waals surface area contributed by atoms with E-state index in [0.29, 0.717) is 0 Å². The minimum absolute atomic E-state index is 1.07. The maximum atomic E-state index is 2.25. The molecule has 1 saturated heterocycles. The van der Waals surface area contributed by atoms with E-state index in [-0.39, 0.29) is 0 Å². The van der Waals surface area contributed by atoms with Gasteiger partial charge >= 0.3 is 0 Å². The smallest absolute Gasteiger partial charge is 0.136 e. The summed E-state index contributed by atoms with van der Waals surface area (Å²) < 4.78 is 0. The third-order valence-corrected chi connectivity index (χ3v) is 2.67. The molecular formula is C5H11BS. The Bertz CT molecular complexity index is 52.0. The molecule has 0 radical (unpaired) electrons. The fraction of sp³-hybridized carbons (Fsp3) is 1.00. The summed E-state index contributed by atoms with van der Waals surface area (Å²) in [6.07, 6.45) is 2.84. The molecule has 40 valence electrons. The zero-order valence-corrected chi connectivity index (χ0v) is 5.63. The van der Waals surface area contributed by atoms with Crippen LogP contribution in [0.1, 0.15) is 13.3 Å². The van der Waals surface area contributed by atoms with Crippen LogP contribution in [0.15, 0.2) is 0 Å². The number of hydrogen-bond acceptors (Lipinski definition) is 1. The molecule has 0 aromatic carbocycles. The standard InChI is InChI=1S/C5H11BS/c1-2-3-7-5-4-6-5/h5-6H,2-4H2,1H3. The average molecular weight is 114 g/mol. The molecule has 0 spiro atoms. The Kier molecular flexibility index (Phi) is 2.11. The van der Waals surface area contributed by atoms with Gasteiger partial charge in [0.1, 0.15) is 7.28 Å². The van der Waals surface area contributed by atoms with Crippen molar-refractivity contribution in [2.24, 2.45) is 0 Å². The molecule has 0 amide bonds. The van der Waals surface area contributed by atoms with Crippen molar-refractivity contribution in [1.29, 1.82) is 0 Å². The largest absolute Gasteiger partial charge is 0.168 e. The van der Waals surface area contributed by atoms with Gasteiger partial charge in [0.15, 0.2) is 0 Å². The van der Waals surface area contributed by atoms with E-state index >= 15 is 0 Å². The van der Waals surface area contributed by atoms with Gasteiger partial charge in [-0.2, -0.15) is 11.8 Å². The fourth-order valence-corrected chi connectivity index (χ4v) is 1.56. The van der Waals surface area contributed by atoms with E-state index in [1.54, 1.807) is 0 Å². The first-order valence-corrected chi connectivity index (χ1v) is 4.10. The van der Waals surface area contributed by atoms with Gasteiger partial charge in [0.25, 0.3) is 0 Å². The number of thioether (sulfide) groups is 1. The molecule has 1 aliphatic heterocycles. The van der Waals surface area contributed by atoms with Crippen molar-refractivity contribution in [2.45, 2.75) is 24.8 Å². The molecule has 1 rings (SSSR count). The second-order valence-corrected chi connectivity index (χ2v) is 3.48. The predicted octanol–water partition coefficient (Wildman–Crippen LogP) is 1.32. The van der Waals surface area contributed by atoms with E-state index in [1.807, 2.05) is 0 Å². The van der Waals surface area contributed by atoms with E-state index in [2.05, 4.69) is 18.7 Å². The second-order valence-electron chi connectivity index (χ2n) is 2.07. The summed E-state index contributed by atoms with van der Waals surface area (Å²) in [4.78, 5) is 0. The van der Waals surface area contributed by atoms with Gasteiger partial charge in [0, 0.05) is 0 Å². The van der Waals surface area contributed by atoms with Gasteiger partial charge in [-0.3, -0.25) is 0 Å². The summed E-state index contributed by atoms with van der Waals surface area (Å²) in [5, 5.41) is 1.07. The summed E-state index contributed by atoms with van der Waals surface area (Å²) in [7, 11) is 1.49. The molecule has 1 heterocycles. The lowest BCUT2D eigenvalue weighted by Gasteiger charge is -1.90. The van der Waals surface area contributed by atoms with Crippen molar-refractivity contribution in [3.05, 3.63) is 0 Å². The third-order valence-electron chi connectivity index (χ3n) is 1.08. The topological polar surface area (TPSA) is 0 Å². The van der Waals surface area contributed by atoms with Gasteiger partial charge in [0.2, 0.25) is 0 Å². The van der Waals surface area contributed by atoms with E-state index in [9.17, 15) is 0 Å². The summed E-state index contributed by atoms with van der Waals surface area (Å²) in [6, 6.07) is 0. The minimum atomic E-state index is 1.07. The van der Waals surface area contributed by atoms with Crippen molar-refractivity contribution >= 4 is 19.0 Å². The number of hydrogen-bond donors (Lipinski definition) is 0. The lowest BCUT2D eigenvalue weighted by atomic mass is 10.1.